The van der Waals surface area contributed by atoms with E-state index in [0.29, 0.717) is 37.9 Å². The molecule has 1 aliphatic heterocycles. The van der Waals surface area contributed by atoms with Crippen molar-refractivity contribution in [2.45, 2.75) is 246 Å². The Kier molecular flexibility index (Phi) is 43.9. The van der Waals surface area contributed by atoms with Gasteiger partial charge in [0.25, 0.3) is 0 Å². The summed E-state index contributed by atoms with van der Waals surface area (Å²) in [7, 11) is 1.76. The molecule has 0 unspecified atom stereocenters. The Labute approximate surface area is 361 Å². The summed E-state index contributed by atoms with van der Waals surface area (Å²) < 4.78 is 16.0. The number of methoxy groups -OCH3 is 1. The van der Waals surface area contributed by atoms with Crippen molar-refractivity contribution in [1.82, 2.24) is 4.90 Å². The Morgan fingerprint density at radius 1 is 0.483 bits per heavy atom. The predicted octanol–water partition coefficient (Wildman–Crippen LogP) is 14.4. The highest BCUT2D eigenvalue weighted by Crippen LogP contribution is 2.22. The van der Waals surface area contributed by atoms with Crippen molar-refractivity contribution in [2.75, 3.05) is 46.6 Å². The fourth-order valence-corrected chi connectivity index (χ4v) is 8.27. The Morgan fingerprint density at radius 2 is 0.828 bits per heavy atom. The summed E-state index contributed by atoms with van der Waals surface area (Å²) in [5.74, 6) is 1.27. The van der Waals surface area contributed by atoms with Gasteiger partial charge in [-0.1, -0.05) is 169 Å². The first-order chi connectivity index (χ1) is 28.4. The summed E-state index contributed by atoms with van der Waals surface area (Å²) in [6.45, 7) is 14.6. The smallest absolute Gasteiger partial charge is 0.306 e. The molecule has 0 aromatic rings. The van der Waals surface area contributed by atoms with Crippen LogP contribution in [-0.2, 0) is 28.6 Å². The number of hydrogen-bond donors (Lipinski definition) is 0. The fraction of sp³-hybridized carbons (Fsp3) is 0.941. The molecule has 0 radical (unpaired) electrons. The molecule has 1 aliphatic rings. The molecule has 7 heteroatoms. The molecule has 0 aromatic heterocycles. The summed E-state index contributed by atoms with van der Waals surface area (Å²) in [6, 6.07) is 0. The average Bonchev–Trinajstić information content (AvgIpc) is 3.76. The van der Waals surface area contributed by atoms with Crippen molar-refractivity contribution in [2.24, 2.45) is 17.8 Å². The van der Waals surface area contributed by atoms with E-state index in [1.165, 1.54) is 161 Å². The molecule has 344 valence electrons. The van der Waals surface area contributed by atoms with E-state index in [4.69, 9.17) is 14.2 Å². The summed E-state index contributed by atoms with van der Waals surface area (Å²) in [4.78, 5) is 38.5. The van der Waals surface area contributed by atoms with E-state index in [0.717, 1.165) is 77.4 Å². The first-order valence-corrected chi connectivity index (χ1v) is 25.4. The number of carbonyl (C=O) groups excluding carboxylic acids is 3. The van der Waals surface area contributed by atoms with Crippen LogP contribution in [0, 0.1) is 17.8 Å². The molecule has 0 aliphatic carbocycles. The van der Waals surface area contributed by atoms with Crippen LogP contribution in [0.5, 0.6) is 0 Å². The van der Waals surface area contributed by atoms with E-state index >= 15 is 0 Å². The predicted molar refractivity (Wildman–Crippen MR) is 246 cm³/mol. The van der Waals surface area contributed by atoms with Crippen molar-refractivity contribution < 1.29 is 28.6 Å². The maximum absolute atomic E-state index is 12.2. The van der Waals surface area contributed by atoms with Gasteiger partial charge in [-0.3, -0.25) is 9.59 Å². The maximum atomic E-state index is 12.2. The summed E-state index contributed by atoms with van der Waals surface area (Å²) in [6.07, 6.45) is 40.6. The van der Waals surface area contributed by atoms with E-state index in [1.54, 1.807) is 7.11 Å². The molecule has 1 fully saturated rings. The van der Waals surface area contributed by atoms with Gasteiger partial charge in [0.1, 0.15) is 6.29 Å². The summed E-state index contributed by atoms with van der Waals surface area (Å²) >= 11 is 0. The van der Waals surface area contributed by atoms with Crippen molar-refractivity contribution >= 4 is 18.2 Å². The first-order valence-electron chi connectivity index (χ1n) is 25.4. The molecule has 7 nitrogen and oxygen atoms in total. The molecule has 1 saturated heterocycles. The van der Waals surface area contributed by atoms with Gasteiger partial charge >= 0.3 is 11.9 Å². The Morgan fingerprint density at radius 3 is 1.16 bits per heavy atom. The van der Waals surface area contributed by atoms with Gasteiger partial charge in [0.2, 0.25) is 0 Å². The Balaban J connectivity index is 0.00000314. The molecule has 0 amide bonds. The highest BCUT2D eigenvalue weighted by molar-refractivity contribution is 5.70. The monoisotopic (exact) mass is 822 g/mol. The second kappa shape index (κ2) is 45.1. The lowest BCUT2D eigenvalue weighted by atomic mass is 9.93. The molecule has 0 aromatic carbocycles. The molecular formula is C51H99NO6. The van der Waals surface area contributed by atoms with Crippen molar-refractivity contribution in [3.63, 3.8) is 0 Å². The number of ether oxygens (including phenoxy) is 3. The lowest BCUT2D eigenvalue weighted by Crippen LogP contribution is -2.23. The van der Waals surface area contributed by atoms with Gasteiger partial charge in [-0.2, -0.15) is 0 Å². The first kappa shape index (κ1) is 56.5. The lowest BCUT2D eigenvalue weighted by Gasteiger charge is -2.15. The zero-order valence-electron chi connectivity index (χ0n) is 39.5. The summed E-state index contributed by atoms with van der Waals surface area (Å²) in [5, 5.41) is 0. The minimum Gasteiger partial charge on any atom is -0.466 e. The van der Waals surface area contributed by atoms with Crippen LogP contribution in [0.15, 0.2) is 0 Å². The molecule has 0 N–H and O–H groups in total. The van der Waals surface area contributed by atoms with Crippen LogP contribution in [0.25, 0.3) is 0 Å². The van der Waals surface area contributed by atoms with E-state index in [1.807, 2.05) is 0 Å². The van der Waals surface area contributed by atoms with Gasteiger partial charge in [0, 0.05) is 32.4 Å². The van der Waals surface area contributed by atoms with Gasteiger partial charge in [-0.05, 0) is 89.1 Å². The van der Waals surface area contributed by atoms with Crippen LogP contribution >= 0.6 is 0 Å². The topological polar surface area (TPSA) is 82.1 Å². The number of carbonyl (C=O) groups is 3. The molecule has 1 heterocycles. The van der Waals surface area contributed by atoms with Crippen LogP contribution in [0.1, 0.15) is 246 Å². The third kappa shape index (κ3) is 38.7. The largest absolute Gasteiger partial charge is 0.466 e. The lowest BCUT2D eigenvalue weighted by molar-refractivity contribution is -0.146. The van der Waals surface area contributed by atoms with Gasteiger partial charge in [0.05, 0.1) is 19.8 Å². The van der Waals surface area contributed by atoms with E-state index in [-0.39, 0.29) is 17.9 Å². The van der Waals surface area contributed by atoms with Crippen LogP contribution < -0.4 is 0 Å². The van der Waals surface area contributed by atoms with Gasteiger partial charge in [0.15, 0.2) is 0 Å². The van der Waals surface area contributed by atoms with Crippen LogP contribution in [0.2, 0.25) is 0 Å². The molecule has 0 bridgehead atoms. The Hall–Kier alpha value is -1.47. The maximum Gasteiger partial charge on any atom is 0.306 e. The van der Waals surface area contributed by atoms with Crippen molar-refractivity contribution in [1.29, 1.82) is 0 Å². The van der Waals surface area contributed by atoms with Crippen molar-refractivity contribution in [3.8, 4) is 0 Å². The number of esters is 2. The van der Waals surface area contributed by atoms with Crippen LogP contribution in [-0.4, -0.2) is 69.7 Å². The molecule has 58 heavy (non-hydrogen) atoms. The molecular weight excluding hydrogens is 723 g/mol. The normalized spacial score (nSPS) is 13.0. The van der Waals surface area contributed by atoms with Crippen molar-refractivity contribution in [3.05, 3.63) is 0 Å². The molecule has 0 atom stereocenters. The second-order valence-corrected chi connectivity index (χ2v) is 17.8. The standard InChI is InChI=1S/C44H84O5.C7H15NO/c1-5-9-29-40(30-10-6-2)37-43(46)48-35-27-23-19-15-13-17-21-25-33-42(39-45)34-26-22-18-14-16-20-24-28-36-49-44(47)38-41(31-11-7-3)32-12-8-4;1-9-7-6-8-4-2-3-5-8/h39-42H,5-38H2,1-4H3;2-7H2,1H3. The van der Waals surface area contributed by atoms with Crippen LogP contribution in [0.4, 0.5) is 0 Å². The zero-order chi connectivity index (χ0) is 42.6. The minimum absolute atomic E-state index is 0.00797. The highest BCUT2D eigenvalue weighted by atomic mass is 16.5. The second-order valence-electron chi connectivity index (χ2n) is 17.8. The summed E-state index contributed by atoms with van der Waals surface area (Å²) in [5.41, 5.74) is 0. The SMILES string of the molecule is CCCCC(CCCC)CC(=O)OCCCCCCCCCCC(C=O)CCCCCCCCCCOC(=O)CC(CCCC)CCCC.COCCN1CCCC1. The van der Waals surface area contributed by atoms with Gasteiger partial charge in [-0.25, -0.2) is 0 Å². The zero-order valence-corrected chi connectivity index (χ0v) is 39.5. The van der Waals surface area contributed by atoms with Gasteiger partial charge < -0.3 is 23.9 Å². The van der Waals surface area contributed by atoms with E-state index < -0.39 is 0 Å². The molecule has 0 saturated carbocycles. The van der Waals surface area contributed by atoms with E-state index in [2.05, 4.69) is 32.6 Å². The number of unbranched alkanes of at least 4 members (excludes halogenated alkanes) is 18. The molecule has 0 spiro atoms. The molecule has 1 rings (SSSR count). The fourth-order valence-electron chi connectivity index (χ4n) is 8.27. The van der Waals surface area contributed by atoms with Crippen LogP contribution in [0.3, 0.4) is 0 Å². The highest BCUT2D eigenvalue weighted by Gasteiger charge is 2.16. The average molecular weight is 822 g/mol. The number of likely N-dealkylation sites (tertiary alicyclic amines) is 1. The quantitative estimate of drug-likeness (QED) is 0.0344. The third-order valence-electron chi connectivity index (χ3n) is 12.2. The Bertz CT molecular complexity index is 805. The minimum atomic E-state index is 0.00797. The number of aldehydes is 1. The van der Waals surface area contributed by atoms with Gasteiger partial charge in [-0.15, -0.1) is 0 Å². The van der Waals surface area contributed by atoms with E-state index in [9.17, 15) is 14.4 Å². The third-order valence-corrected chi connectivity index (χ3v) is 12.2. The number of hydrogen-bond acceptors (Lipinski definition) is 7. The number of nitrogens with zero attached hydrogens (tertiary/aromatic N) is 1. The number of rotatable bonds is 42.